The van der Waals surface area contributed by atoms with Crippen molar-refractivity contribution < 1.29 is 17.4 Å². The van der Waals surface area contributed by atoms with E-state index in [-0.39, 0.29) is 39.4 Å². The molecule has 0 aliphatic carbocycles. The third kappa shape index (κ3) is 6.51. The Hall–Kier alpha value is -1.27. The third-order valence-electron chi connectivity index (χ3n) is 3.34. The topological polar surface area (TPSA) is 60.4 Å². The highest BCUT2D eigenvalue weighted by atomic mass is 35.5. The van der Waals surface area contributed by atoms with Gasteiger partial charge in [0.05, 0.1) is 15.8 Å². The molecule has 8 heteroatoms. The first-order chi connectivity index (χ1) is 11.8. The summed E-state index contributed by atoms with van der Waals surface area (Å²) in [7, 11) is -4.00. The standard InChI is InChI=1S/C17H15Cl3O4S/c18-13-10-15(19)17(16(20)11-13)24-25(22,23)9-8-14(21)7-6-12-4-2-1-3-5-12/h1-5,10-11H,6-9H2. The molecule has 2 aromatic rings. The molecular weight excluding hydrogens is 407 g/mol. The number of hydrogen-bond donors (Lipinski definition) is 0. The quantitative estimate of drug-likeness (QED) is 0.566. The summed E-state index contributed by atoms with van der Waals surface area (Å²) in [5.74, 6) is -0.801. The number of carbonyl (C=O) groups excluding carboxylic acids is 1. The summed E-state index contributed by atoms with van der Waals surface area (Å²) < 4.78 is 29.0. The number of rotatable bonds is 8. The lowest BCUT2D eigenvalue weighted by Crippen LogP contribution is -2.17. The van der Waals surface area contributed by atoms with Gasteiger partial charge in [-0.15, -0.1) is 0 Å². The fourth-order valence-electron chi connectivity index (χ4n) is 2.07. The summed E-state index contributed by atoms with van der Waals surface area (Å²) in [6.07, 6.45) is 0.690. The molecule has 2 rings (SSSR count). The Morgan fingerprint density at radius 1 is 0.960 bits per heavy atom. The van der Waals surface area contributed by atoms with Crippen LogP contribution in [0.4, 0.5) is 0 Å². The lowest BCUT2D eigenvalue weighted by atomic mass is 10.1. The number of ketones is 1. The van der Waals surface area contributed by atoms with Gasteiger partial charge in [-0.05, 0) is 24.1 Å². The molecule has 0 saturated heterocycles. The molecule has 0 amide bonds. The molecule has 25 heavy (non-hydrogen) atoms. The lowest BCUT2D eigenvalue weighted by molar-refractivity contribution is -0.118. The smallest absolute Gasteiger partial charge is 0.309 e. The van der Waals surface area contributed by atoms with Gasteiger partial charge >= 0.3 is 10.1 Å². The Bertz CT molecular complexity index is 828. The van der Waals surface area contributed by atoms with Crippen LogP contribution >= 0.6 is 34.8 Å². The average Bonchev–Trinajstić information content (AvgIpc) is 2.55. The molecule has 0 radical (unpaired) electrons. The summed E-state index contributed by atoms with van der Waals surface area (Å²) in [6.45, 7) is 0. The normalized spacial score (nSPS) is 11.3. The molecule has 0 atom stereocenters. The third-order valence-corrected chi connectivity index (χ3v) is 5.24. The molecule has 0 aromatic heterocycles. The zero-order valence-electron chi connectivity index (χ0n) is 13.0. The molecule has 0 aliphatic heterocycles. The van der Waals surface area contributed by atoms with Gasteiger partial charge in [-0.3, -0.25) is 4.79 Å². The molecule has 0 spiro atoms. The van der Waals surface area contributed by atoms with Crippen LogP contribution in [0.3, 0.4) is 0 Å². The zero-order chi connectivity index (χ0) is 18.4. The molecule has 0 N–H and O–H groups in total. The van der Waals surface area contributed by atoms with Gasteiger partial charge in [0.2, 0.25) is 0 Å². The van der Waals surface area contributed by atoms with Crippen LogP contribution in [0.1, 0.15) is 18.4 Å². The second-order valence-corrected chi connectivity index (χ2v) is 8.26. The van der Waals surface area contributed by atoms with E-state index < -0.39 is 15.9 Å². The molecule has 2 aromatic carbocycles. The van der Waals surface area contributed by atoms with Crippen LogP contribution in [0, 0.1) is 0 Å². The summed E-state index contributed by atoms with van der Waals surface area (Å²) in [4.78, 5) is 11.9. The highest BCUT2D eigenvalue weighted by Crippen LogP contribution is 2.36. The van der Waals surface area contributed by atoms with Crippen molar-refractivity contribution in [1.82, 2.24) is 0 Å². The predicted molar refractivity (Wildman–Crippen MR) is 100 cm³/mol. The summed E-state index contributed by atoms with van der Waals surface area (Å²) in [5.41, 5.74) is 1.02. The Balaban J connectivity index is 1.90. The second-order valence-electron chi connectivity index (χ2n) is 5.32. The van der Waals surface area contributed by atoms with E-state index in [0.29, 0.717) is 6.42 Å². The first-order valence-corrected chi connectivity index (χ1v) is 10.1. The van der Waals surface area contributed by atoms with Gasteiger partial charge < -0.3 is 4.18 Å². The highest BCUT2D eigenvalue weighted by molar-refractivity contribution is 7.87. The van der Waals surface area contributed by atoms with Crippen molar-refractivity contribution in [3.63, 3.8) is 0 Å². The predicted octanol–water partition coefficient (Wildman–Crippen LogP) is 4.95. The molecule has 0 heterocycles. The molecule has 4 nitrogen and oxygen atoms in total. The van der Waals surface area contributed by atoms with E-state index in [1.165, 1.54) is 12.1 Å². The average molecular weight is 422 g/mol. The summed E-state index contributed by atoms with van der Waals surface area (Å²) in [6, 6.07) is 12.1. The van der Waals surface area contributed by atoms with Gasteiger partial charge in [0.25, 0.3) is 0 Å². The van der Waals surface area contributed by atoms with Crippen molar-refractivity contribution in [2.45, 2.75) is 19.3 Å². The number of benzene rings is 2. The van der Waals surface area contributed by atoms with Crippen molar-refractivity contribution in [2.24, 2.45) is 0 Å². The van der Waals surface area contributed by atoms with Crippen LogP contribution in [0.25, 0.3) is 0 Å². The molecule has 0 unspecified atom stereocenters. The van der Waals surface area contributed by atoms with E-state index >= 15 is 0 Å². The van der Waals surface area contributed by atoms with Gasteiger partial charge in [0, 0.05) is 17.9 Å². The summed E-state index contributed by atoms with van der Waals surface area (Å²) >= 11 is 17.6. The molecule has 0 fully saturated rings. The first kappa shape index (κ1) is 20.0. The van der Waals surface area contributed by atoms with Crippen molar-refractivity contribution in [3.05, 3.63) is 63.1 Å². The number of hydrogen-bond acceptors (Lipinski definition) is 4. The Morgan fingerprint density at radius 2 is 1.56 bits per heavy atom. The van der Waals surface area contributed by atoms with Gasteiger partial charge in [0.15, 0.2) is 5.75 Å². The Kier molecular flexibility index (Phi) is 7.14. The molecule has 134 valence electrons. The van der Waals surface area contributed by atoms with Gasteiger partial charge in [-0.2, -0.15) is 8.42 Å². The molecular formula is C17H15Cl3O4S. The molecule has 0 aliphatic rings. The van der Waals surface area contributed by atoms with Crippen LogP contribution < -0.4 is 4.18 Å². The SMILES string of the molecule is O=C(CCc1ccccc1)CCS(=O)(=O)Oc1c(Cl)cc(Cl)cc1Cl. The fraction of sp³-hybridized carbons (Fsp3) is 0.235. The van der Waals surface area contributed by atoms with Crippen molar-refractivity contribution in [3.8, 4) is 5.75 Å². The minimum atomic E-state index is -4.00. The fourth-order valence-corrected chi connectivity index (χ4v) is 4.05. The minimum absolute atomic E-state index is 0.0171. The van der Waals surface area contributed by atoms with Crippen LogP contribution in [0.15, 0.2) is 42.5 Å². The van der Waals surface area contributed by atoms with Crippen LogP contribution in [0.2, 0.25) is 15.1 Å². The van der Waals surface area contributed by atoms with Gasteiger partial charge in [0.1, 0.15) is 5.78 Å². The van der Waals surface area contributed by atoms with E-state index in [2.05, 4.69) is 0 Å². The lowest BCUT2D eigenvalue weighted by Gasteiger charge is -2.10. The number of carbonyl (C=O) groups is 1. The first-order valence-electron chi connectivity index (χ1n) is 7.39. The second kappa shape index (κ2) is 8.90. The van der Waals surface area contributed by atoms with E-state index in [0.717, 1.165) is 5.56 Å². The maximum Gasteiger partial charge on any atom is 0.309 e. The van der Waals surface area contributed by atoms with Gasteiger partial charge in [-0.25, -0.2) is 0 Å². The van der Waals surface area contributed by atoms with E-state index in [1.807, 2.05) is 30.3 Å². The maximum atomic E-state index is 12.0. The Morgan fingerprint density at radius 3 is 2.16 bits per heavy atom. The van der Waals surface area contributed by atoms with E-state index in [9.17, 15) is 13.2 Å². The monoisotopic (exact) mass is 420 g/mol. The van der Waals surface area contributed by atoms with Gasteiger partial charge in [-0.1, -0.05) is 65.1 Å². The van der Waals surface area contributed by atoms with Crippen molar-refractivity contribution in [2.75, 3.05) is 5.75 Å². The van der Waals surface area contributed by atoms with Crippen LogP contribution in [-0.2, 0) is 21.3 Å². The number of Topliss-reactive ketones (excluding diaryl/α,β-unsaturated/α-hetero) is 1. The number of halogens is 3. The van der Waals surface area contributed by atoms with E-state index in [1.54, 1.807) is 0 Å². The largest absolute Gasteiger partial charge is 0.379 e. The van der Waals surface area contributed by atoms with Crippen LogP contribution in [0.5, 0.6) is 5.75 Å². The van der Waals surface area contributed by atoms with E-state index in [4.69, 9.17) is 39.0 Å². The maximum absolute atomic E-state index is 12.0. The Labute approximate surface area is 161 Å². The van der Waals surface area contributed by atoms with Crippen molar-refractivity contribution >= 4 is 50.7 Å². The highest BCUT2D eigenvalue weighted by Gasteiger charge is 2.20. The van der Waals surface area contributed by atoms with Crippen molar-refractivity contribution in [1.29, 1.82) is 0 Å². The number of aryl methyl sites for hydroxylation is 1. The molecule has 0 saturated carbocycles. The molecule has 0 bridgehead atoms. The summed E-state index contributed by atoms with van der Waals surface area (Å²) in [5, 5.41) is 0.226. The van der Waals surface area contributed by atoms with Crippen LogP contribution in [-0.4, -0.2) is 20.0 Å². The zero-order valence-corrected chi connectivity index (χ0v) is 16.1. The minimum Gasteiger partial charge on any atom is -0.379 e.